The van der Waals surface area contributed by atoms with E-state index in [1.54, 1.807) is 11.6 Å². The van der Waals surface area contributed by atoms with Crippen LogP contribution in [0.25, 0.3) is 5.78 Å². The molecule has 3 rings (SSSR count). The number of rotatable bonds is 5. The van der Waals surface area contributed by atoms with Crippen LogP contribution < -0.4 is 4.74 Å². The van der Waals surface area contributed by atoms with E-state index in [2.05, 4.69) is 15.1 Å². The van der Waals surface area contributed by atoms with Crippen LogP contribution in [0.3, 0.4) is 0 Å². The molecule has 0 saturated heterocycles. The zero-order valence-electron chi connectivity index (χ0n) is 14.2. The highest BCUT2D eigenvalue weighted by molar-refractivity contribution is 5.90. The van der Waals surface area contributed by atoms with Gasteiger partial charge in [0.05, 0.1) is 6.54 Å². The lowest BCUT2D eigenvalue weighted by Gasteiger charge is -2.15. The van der Waals surface area contributed by atoms with E-state index in [9.17, 15) is 9.18 Å². The lowest BCUT2D eigenvalue weighted by Crippen LogP contribution is -2.31. The molecule has 0 spiro atoms. The normalized spacial score (nSPS) is 10.9. The number of halogens is 1. The second-order valence-corrected chi connectivity index (χ2v) is 5.72. The molecule has 0 radical (unpaired) electrons. The minimum atomic E-state index is -0.322. The average molecular weight is 343 g/mol. The Hall–Kier alpha value is -3.03. The van der Waals surface area contributed by atoms with Gasteiger partial charge >= 0.3 is 0 Å². The van der Waals surface area contributed by atoms with E-state index in [1.165, 1.54) is 29.2 Å². The third-order valence-corrected chi connectivity index (χ3v) is 3.67. The first-order valence-electron chi connectivity index (χ1n) is 7.79. The fraction of sp³-hybridized carbons (Fsp3) is 0.294. The van der Waals surface area contributed by atoms with Crippen molar-refractivity contribution in [2.75, 3.05) is 20.2 Å². The number of hydrogen-bond acceptors (Lipinski definition) is 5. The first-order chi connectivity index (χ1) is 11.9. The monoisotopic (exact) mass is 343 g/mol. The van der Waals surface area contributed by atoms with Crippen molar-refractivity contribution in [3.63, 3.8) is 0 Å². The number of carbonyl (C=O) groups is 1. The van der Waals surface area contributed by atoms with Crippen molar-refractivity contribution in [2.45, 2.75) is 13.8 Å². The minimum Gasteiger partial charge on any atom is -0.492 e. The third-order valence-electron chi connectivity index (χ3n) is 3.67. The van der Waals surface area contributed by atoms with Crippen LogP contribution in [0.15, 0.2) is 30.3 Å². The summed E-state index contributed by atoms with van der Waals surface area (Å²) >= 11 is 0. The maximum atomic E-state index is 12.8. The van der Waals surface area contributed by atoms with Crippen molar-refractivity contribution in [1.29, 1.82) is 0 Å². The smallest absolute Gasteiger partial charge is 0.293 e. The van der Waals surface area contributed by atoms with Gasteiger partial charge in [0, 0.05) is 18.4 Å². The Kier molecular flexibility index (Phi) is 4.60. The van der Waals surface area contributed by atoms with Crippen LogP contribution in [0, 0.1) is 19.7 Å². The number of likely N-dealkylation sites (N-methyl/N-ethyl adjacent to an activating group) is 1. The molecule has 0 aliphatic rings. The summed E-state index contributed by atoms with van der Waals surface area (Å²) in [6, 6.07) is 7.59. The number of nitrogens with zero attached hydrogens (tertiary/aromatic N) is 5. The molecule has 0 unspecified atom stereocenters. The van der Waals surface area contributed by atoms with E-state index < -0.39 is 0 Å². The highest BCUT2D eigenvalue weighted by atomic mass is 19.1. The van der Waals surface area contributed by atoms with Gasteiger partial charge in [-0.2, -0.15) is 4.98 Å². The summed E-state index contributed by atoms with van der Waals surface area (Å²) in [5.41, 5.74) is 1.67. The zero-order valence-corrected chi connectivity index (χ0v) is 14.2. The van der Waals surface area contributed by atoms with Crippen LogP contribution >= 0.6 is 0 Å². The van der Waals surface area contributed by atoms with Crippen molar-refractivity contribution in [2.24, 2.45) is 0 Å². The summed E-state index contributed by atoms with van der Waals surface area (Å²) in [6.07, 6.45) is 0. The van der Waals surface area contributed by atoms with E-state index in [0.717, 1.165) is 11.4 Å². The number of carbonyl (C=O) groups excluding carboxylic acids is 1. The van der Waals surface area contributed by atoms with Crippen LogP contribution in [0.2, 0.25) is 0 Å². The van der Waals surface area contributed by atoms with Crippen LogP contribution in [-0.4, -0.2) is 50.6 Å². The van der Waals surface area contributed by atoms with Gasteiger partial charge < -0.3 is 9.64 Å². The molecule has 8 heteroatoms. The first-order valence-corrected chi connectivity index (χ1v) is 7.79. The molecule has 2 heterocycles. The molecule has 25 heavy (non-hydrogen) atoms. The lowest BCUT2D eigenvalue weighted by atomic mass is 10.3. The van der Waals surface area contributed by atoms with E-state index in [4.69, 9.17) is 4.74 Å². The highest BCUT2D eigenvalue weighted by Crippen LogP contribution is 2.11. The van der Waals surface area contributed by atoms with Crippen LogP contribution in [0.4, 0.5) is 4.39 Å². The Morgan fingerprint density at radius 2 is 1.96 bits per heavy atom. The molecular formula is C17H18FN5O2. The van der Waals surface area contributed by atoms with Gasteiger partial charge in [0.1, 0.15) is 18.2 Å². The highest BCUT2D eigenvalue weighted by Gasteiger charge is 2.18. The van der Waals surface area contributed by atoms with E-state index in [0.29, 0.717) is 18.1 Å². The number of ether oxygens (including phenoxy) is 1. The van der Waals surface area contributed by atoms with Crippen LogP contribution in [-0.2, 0) is 0 Å². The fourth-order valence-corrected chi connectivity index (χ4v) is 2.36. The Bertz CT molecular complexity index is 907. The second kappa shape index (κ2) is 6.84. The molecule has 3 aromatic rings. The molecule has 0 saturated carbocycles. The lowest BCUT2D eigenvalue weighted by molar-refractivity contribution is 0.0762. The van der Waals surface area contributed by atoms with E-state index in [-0.39, 0.29) is 24.2 Å². The van der Waals surface area contributed by atoms with Gasteiger partial charge in [-0.05, 0) is 44.2 Å². The molecular weight excluding hydrogens is 325 g/mol. The molecule has 2 aromatic heterocycles. The maximum Gasteiger partial charge on any atom is 0.293 e. The van der Waals surface area contributed by atoms with Crippen LogP contribution in [0.5, 0.6) is 5.75 Å². The van der Waals surface area contributed by atoms with Gasteiger partial charge in [0.25, 0.3) is 11.7 Å². The number of aromatic nitrogens is 4. The molecule has 0 atom stereocenters. The first kappa shape index (κ1) is 16.8. The Balaban J connectivity index is 1.64. The summed E-state index contributed by atoms with van der Waals surface area (Å²) in [6.45, 7) is 4.36. The van der Waals surface area contributed by atoms with Gasteiger partial charge in [-0.15, -0.1) is 5.10 Å². The molecule has 1 amide bonds. The van der Waals surface area contributed by atoms with E-state index in [1.807, 2.05) is 19.9 Å². The van der Waals surface area contributed by atoms with Crippen molar-refractivity contribution >= 4 is 11.7 Å². The van der Waals surface area contributed by atoms with Gasteiger partial charge in [-0.1, -0.05) is 0 Å². The van der Waals surface area contributed by atoms with Gasteiger partial charge in [-0.3, -0.25) is 4.79 Å². The molecule has 1 aromatic carbocycles. The molecule has 0 aliphatic carbocycles. The standard InChI is InChI=1S/C17H18FN5O2/c1-11-10-12(2)23-17(19-11)20-15(21-23)16(24)22(3)8-9-25-14-6-4-13(18)5-7-14/h4-7,10H,8-9H2,1-3H3. The molecule has 0 bridgehead atoms. The van der Waals surface area contributed by atoms with Gasteiger partial charge in [-0.25, -0.2) is 13.9 Å². The topological polar surface area (TPSA) is 72.6 Å². The molecule has 0 N–H and O–H groups in total. The van der Waals surface area contributed by atoms with Gasteiger partial charge in [0.15, 0.2) is 0 Å². The minimum absolute atomic E-state index is 0.0884. The Morgan fingerprint density at radius 1 is 1.24 bits per heavy atom. The number of hydrogen-bond donors (Lipinski definition) is 0. The number of amides is 1. The quantitative estimate of drug-likeness (QED) is 0.709. The summed E-state index contributed by atoms with van der Waals surface area (Å²) < 4.78 is 19.9. The largest absolute Gasteiger partial charge is 0.492 e. The predicted molar refractivity (Wildman–Crippen MR) is 89.1 cm³/mol. The number of aryl methyl sites for hydroxylation is 2. The maximum absolute atomic E-state index is 12.8. The molecule has 0 aliphatic heterocycles. The Morgan fingerprint density at radius 3 is 2.68 bits per heavy atom. The van der Waals surface area contributed by atoms with Crippen molar-refractivity contribution in [3.05, 3.63) is 53.4 Å². The van der Waals surface area contributed by atoms with Crippen molar-refractivity contribution in [3.8, 4) is 5.75 Å². The zero-order chi connectivity index (χ0) is 18.0. The summed E-state index contributed by atoms with van der Waals surface area (Å²) in [5, 5.41) is 4.22. The summed E-state index contributed by atoms with van der Waals surface area (Å²) in [7, 11) is 1.65. The predicted octanol–water partition coefficient (Wildman–Crippen LogP) is 2.03. The summed E-state index contributed by atoms with van der Waals surface area (Å²) in [5.74, 6) is 0.396. The van der Waals surface area contributed by atoms with Crippen molar-refractivity contribution in [1.82, 2.24) is 24.5 Å². The number of fused-ring (bicyclic) bond motifs is 1. The molecule has 7 nitrogen and oxygen atoms in total. The number of benzene rings is 1. The molecule has 130 valence electrons. The SMILES string of the molecule is Cc1cc(C)n2nc(C(=O)N(C)CCOc3ccc(F)cc3)nc2n1. The van der Waals surface area contributed by atoms with E-state index >= 15 is 0 Å². The average Bonchev–Trinajstić information content (AvgIpc) is 3.00. The second-order valence-electron chi connectivity index (χ2n) is 5.72. The third kappa shape index (κ3) is 3.73. The van der Waals surface area contributed by atoms with Crippen LogP contribution in [0.1, 0.15) is 22.0 Å². The van der Waals surface area contributed by atoms with Gasteiger partial charge in [0.2, 0.25) is 5.82 Å². The van der Waals surface area contributed by atoms with Crippen molar-refractivity contribution < 1.29 is 13.9 Å². The fourth-order valence-electron chi connectivity index (χ4n) is 2.36. The Labute approximate surface area is 144 Å². The summed E-state index contributed by atoms with van der Waals surface area (Å²) in [4.78, 5) is 22.4. The molecule has 0 fully saturated rings.